The Bertz CT molecular complexity index is 937. The third-order valence-electron chi connectivity index (χ3n) is 7.16. The molecule has 0 heterocycles. The fourth-order valence-electron chi connectivity index (χ4n) is 4.77. The normalized spacial score (nSPS) is 12.2. The predicted octanol–water partition coefficient (Wildman–Crippen LogP) is 6.62. The first-order valence-corrected chi connectivity index (χ1v) is 16.5. The summed E-state index contributed by atoms with van der Waals surface area (Å²) >= 11 is 0. The number of carbonyl (C=O) groups is 2. The second-order valence-electron chi connectivity index (χ2n) is 10.2. The lowest BCUT2D eigenvalue weighted by molar-refractivity contribution is -0.136. The smallest absolute Gasteiger partial charge is 0.234 e. The number of carbonyl (C=O) groups excluding carboxylic acids is 2. The molecule has 1 unspecified atom stereocenters. The maximum absolute atomic E-state index is 15.4. The topological polar surface area (TPSA) is 57.7 Å². The molecule has 6 heteroatoms. The molecule has 0 saturated carbocycles. The van der Waals surface area contributed by atoms with Gasteiger partial charge in [0.25, 0.3) is 0 Å². The molecule has 1 atom stereocenters. The minimum absolute atomic E-state index is 0.0396. The highest BCUT2D eigenvalue weighted by Gasteiger charge is 2.44. The molecule has 0 spiro atoms. The summed E-state index contributed by atoms with van der Waals surface area (Å²) in [7, 11) is -3.49. The summed E-state index contributed by atoms with van der Waals surface area (Å²) in [6.07, 6.45) is 7.49. The van der Waals surface area contributed by atoms with Crippen molar-refractivity contribution in [1.82, 2.24) is 9.80 Å². The van der Waals surface area contributed by atoms with Crippen LogP contribution >= 0.6 is 7.14 Å². The van der Waals surface area contributed by atoms with Crippen molar-refractivity contribution in [2.24, 2.45) is 0 Å². The van der Waals surface area contributed by atoms with E-state index in [0.29, 0.717) is 36.8 Å². The highest BCUT2D eigenvalue weighted by molar-refractivity contribution is 7.80. The zero-order valence-corrected chi connectivity index (χ0v) is 25.0. The van der Waals surface area contributed by atoms with Crippen molar-refractivity contribution in [2.45, 2.75) is 91.1 Å². The van der Waals surface area contributed by atoms with Gasteiger partial charge < -0.3 is 14.4 Å². The zero-order valence-electron chi connectivity index (χ0n) is 24.1. The summed E-state index contributed by atoms with van der Waals surface area (Å²) < 4.78 is 15.4. The van der Waals surface area contributed by atoms with E-state index < -0.39 is 12.8 Å². The van der Waals surface area contributed by atoms with E-state index in [9.17, 15) is 9.59 Å². The van der Waals surface area contributed by atoms with Crippen LogP contribution in [-0.2, 0) is 14.2 Å². The Balaban J connectivity index is 2.63. The molecule has 0 N–H and O–H groups in total. The van der Waals surface area contributed by atoms with Gasteiger partial charge in [0.2, 0.25) is 11.8 Å². The molecule has 0 saturated heterocycles. The number of unbranched alkanes of at least 4 members (excludes halogenated alkanes) is 4. The fourth-order valence-corrected chi connectivity index (χ4v) is 7.91. The van der Waals surface area contributed by atoms with E-state index in [2.05, 4.69) is 27.7 Å². The average molecular weight is 541 g/mol. The van der Waals surface area contributed by atoms with Crippen LogP contribution < -0.4 is 10.6 Å². The number of amides is 2. The van der Waals surface area contributed by atoms with Crippen LogP contribution in [0.25, 0.3) is 0 Å². The van der Waals surface area contributed by atoms with Crippen molar-refractivity contribution in [2.75, 3.05) is 26.2 Å². The lowest BCUT2D eigenvalue weighted by atomic mass is 10.2. The molecule has 2 amide bonds. The Morgan fingerprint density at radius 2 is 1.00 bits per heavy atom. The molecule has 5 nitrogen and oxygen atoms in total. The van der Waals surface area contributed by atoms with E-state index >= 15 is 4.57 Å². The number of hydrogen-bond donors (Lipinski definition) is 0. The molecule has 2 aromatic rings. The standard InChI is InChI=1S/C32H49N2O3P/c1-5-9-23-33(24-10-6-2)31(35)27-30(32(36)34(25-11-7-3)26-12-8-4)38(37,28-19-15-13-16-20-28)29-21-17-14-18-22-29/h13-22,30H,5-12,23-27H2,1-4H3. The van der Waals surface area contributed by atoms with Crippen LogP contribution in [0.1, 0.15) is 85.5 Å². The summed E-state index contributed by atoms with van der Waals surface area (Å²) in [5, 5.41) is 1.27. The molecule has 0 aliphatic rings. The van der Waals surface area contributed by atoms with E-state index in [1.807, 2.05) is 70.5 Å². The van der Waals surface area contributed by atoms with Gasteiger partial charge in [-0.25, -0.2) is 0 Å². The number of rotatable bonds is 18. The number of benzene rings is 2. The van der Waals surface area contributed by atoms with Gasteiger partial charge in [0.15, 0.2) is 7.14 Å². The van der Waals surface area contributed by atoms with Gasteiger partial charge >= 0.3 is 0 Å². The second-order valence-corrected chi connectivity index (χ2v) is 13.1. The van der Waals surface area contributed by atoms with Crippen LogP contribution in [0.4, 0.5) is 0 Å². The van der Waals surface area contributed by atoms with Gasteiger partial charge in [-0.1, -0.05) is 114 Å². The van der Waals surface area contributed by atoms with Gasteiger partial charge in [0.1, 0.15) is 5.66 Å². The van der Waals surface area contributed by atoms with Crippen molar-refractivity contribution in [1.29, 1.82) is 0 Å². The molecule has 2 aromatic carbocycles. The van der Waals surface area contributed by atoms with Crippen LogP contribution in [0.5, 0.6) is 0 Å². The van der Waals surface area contributed by atoms with Gasteiger partial charge in [-0.3, -0.25) is 9.59 Å². The van der Waals surface area contributed by atoms with E-state index in [4.69, 9.17) is 0 Å². The van der Waals surface area contributed by atoms with Crippen LogP contribution in [0.15, 0.2) is 60.7 Å². The van der Waals surface area contributed by atoms with Crippen LogP contribution in [0.3, 0.4) is 0 Å². The fraction of sp³-hybridized carbons (Fsp3) is 0.562. The van der Waals surface area contributed by atoms with Crippen LogP contribution in [-0.4, -0.2) is 53.5 Å². The van der Waals surface area contributed by atoms with Gasteiger partial charge in [0, 0.05) is 43.2 Å². The number of hydrogen-bond acceptors (Lipinski definition) is 3. The summed E-state index contributed by atoms with van der Waals surface area (Å²) in [6.45, 7) is 11.1. The Morgan fingerprint density at radius 3 is 1.37 bits per heavy atom. The minimum atomic E-state index is -3.49. The molecule has 0 radical (unpaired) electrons. The lowest BCUT2D eigenvalue weighted by Crippen LogP contribution is -2.46. The monoisotopic (exact) mass is 540 g/mol. The first kappa shape index (κ1) is 31.8. The first-order chi connectivity index (χ1) is 18.4. The van der Waals surface area contributed by atoms with Gasteiger partial charge in [0.05, 0.1) is 0 Å². The summed E-state index contributed by atoms with van der Waals surface area (Å²) in [5.74, 6) is -0.217. The summed E-state index contributed by atoms with van der Waals surface area (Å²) in [6, 6.07) is 18.7. The SMILES string of the molecule is CCCCN(CCCC)C(=O)CC(C(=O)N(CCCC)CCCC)P(=O)(c1ccccc1)c1ccccc1. The minimum Gasteiger partial charge on any atom is -0.343 e. The van der Waals surface area contributed by atoms with Crippen LogP contribution in [0, 0.1) is 0 Å². The Kier molecular flexibility index (Phi) is 14.4. The second kappa shape index (κ2) is 17.2. The molecule has 2 rings (SSSR count). The molecular formula is C32H49N2O3P. The van der Waals surface area contributed by atoms with Crippen molar-refractivity contribution in [3.05, 3.63) is 60.7 Å². The summed E-state index contributed by atoms with van der Waals surface area (Å²) in [4.78, 5) is 32.1. The zero-order chi connectivity index (χ0) is 27.8. The molecule has 0 fully saturated rings. The van der Waals surface area contributed by atoms with E-state index in [1.54, 1.807) is 0 Å². The van der Waals surface area contributed by atoms with Crippen molar-refractivity contribution in [3.8, 4) is 0 Å². The van der Waals surface area contributed by atoms with Crippen molar-refractivity contribution >= 4 is 29.6 Å². The van der Waals surface area contributed by atoms with Crippen molar-refractivity contribution in [3.63, 3.8) is 0 Å². The molecule has 0 aromatic heterocycles. The molecule has 0 aliphatic carbocycles. The van der Waals surface area contributed by atoms with E-state index in [1.165, 1.54) is 0 Å². The highest BCUT2D eigenvalue weighted by Crippen LogP contribution is 2.51. The highest BCUT2D eigenvalue weighted by atomic mass is 31.2. The predicted molar refractivity (Wildman–Crippen MR) is 161 cm³/mol. The van der Waals surface area contributed by atoms with Crippen LogP contribution in [0.2, 0.25) is 0 Å². The lowest BCUT2D eigenvalue weighted by Gasteiger charge is -2.34. The summed E-state index contributed by atoms with van der Waals surface area (Å²) in [5.41, 5.74) is -0.931. The molecule has 38 heavy (non-hydrogen) atoms. The van der Waals surface area contributed by atoms with E-state index in [0.717, 1.165) is 51.4 Å². The average Bonchev–Trinajstić information content (AvgIpc) is 2.96. The van der Waals surface area contributed by atoms with Gasteiger partial charge in [-0.15, -0.1) is 0 Å². The van der Waals surface area contributed by atoms with E-state index in [-0.39, 0.29) is 18.2 Å². The molecule has 0 bridgehead atoms. The maximum atomic E-state index is 15.4. The molecular weight excluding hydrogens is 491 g/mol. The number of nitrogens with zero attached hydrogens (tertiary/aromatic N) is 2. The third kappa shape index (κ3) is 8.83. The Labute approximate surface area is 231 Å². The van der Waals surface area contributed by atoms with Crippen molar-refractivity contribution < 1.29 is 14.2 Å². The molecule has 210 valence electrons. The van der Waals surface area contributed by atoms with Gasteiger partial charge in [-0.05, 0) is 25.7 Å². The maximum Gasteiger partial charge on any atom is 0.234 e. The van der Waals surface area contributed by atoms with Gasteiger partial charge in [-0.2, -0.15) is 0 Å². The largest absolute Gasteiger partial charge is 0.343 e. The quantitative estimate of drug-likeness (QED) is 0.200. The Morgan fingerprint density at radius 1 is 0.632 bits per heavy atom. The Hall–Kier alpha value is -2.39. The first-order valence-electron chi connectivity index (χ1n) is 14.7. The third-order valence-corrected chi connectivity index (χ3v) is 10.6. The molecule has 0 aliphatic heterocycles.